The normalized spacial score (nSPS) is 23.6. The van der Waals surface area contributed by atoms with E-state index in [1.54, 1.807) is 0 Å². The van der Waals surface area contributed by atoms with E-state index in [4.69, 9.17) is 28.4 Å². The summed E-state index contributed by atoms with van der Waals surface area (Å²) in [5.41, 5.74) is 2.43. The first-order valence-corrected chi connectivity index (χ1v) is 10.8. The summed E-state index contributed by atoms with van der Waals surface area (Å²) in [5, 5.41) is 0. The van der Waals surface area contributed by atoms with Crippen molar-refractivity contribution in [2.24, 2.45) is 11.8 Å². The zero-order valence-electron chi connectivity index (χ0n) is 18.0. The average Bonchev–Trinajstić information content (AvgIpc) is 3.48. The summed E-state index contributed by atoms with van der Waals surface area (Å²) in [4.78, 5) is 2.12. The topological polar surface area (TPSA) is 58.6 Å². The maximum atomic E-state index is 6.17. The maximum absolute atomic E-state index is 6.17. The Hall–Kier alpha value is -2.48. The number of likely N-dealkylation sites (N-methyl/N-ethyl adjacent to an activating group) is 1. The lowest BCUT2D eigenvalue weighted by Crippen LogP contribution is -2.29. The molecule has 0 N–H and O–H groups in total. The molecule has 0 saturated carbocycles. The highest BCUT2D eigenvalue weighted by Gasteiger charge is 2.38. The molecule has 5 rings (SSSR count). The molecule has 3 atom stereocenters. The van der Waals surface area contributed by atoms with Crippen LogP contribution in [0.1, 0.15) is 11.1 Å². The summed E-state index contributed by atoms with van der Waals surface area (Å²) < 4.78 is 34.3. The molecule has 1 fully saturated rings. The van der Waals surface area contributed by atoms with E-state index in [0.29, 0.717) is 25.9 Å². The number of hydrogen-bond acceptors (Lipinski definition) is 7. The number of benzene rings is 2. The van der Waals surface area contributed by atoms with E-state index in [-0.39, 0.29) is 19.0 Å². The standard InChI is InChI=1S/C24H29NO6/c1-25(2)7-8-26-24-19(10-17-4-6-21-23(12-17)31-15-29-21)18(13-27-24)9-16-3-5-20-22(11-16)30-14-28-20/h3-6,11-12,18-19,24H,7-10,13-15H2,1-2H3/t18-,19+,24?/m1/s1. The van der Waals surface area contributed by atoms with Gasteiger partial charge in [-0.05, 0) is 68.2 Å². The van der Waals surface area contributed by atoms with Gasteiger partial charge in [0.1, 0.15) is 0 Å². The summed E-state index contributed by atoms with van der Waals surface area (Å²) >= 11 is 0. The van der Waals surface area contributed by atoms with Gasteiger partial charge in [-0.2, -0.15) is 0 Å². The van der Waals surface area contributed by atoms with Crippen LogP contribution in [0.15, 0.2) is 36.4 Å². The zero-order valence-corrected chi connectivity index (χ0v) is 18.0. The van der Waals surface area contributed by atoms with Crippen molar-refractivity contribution in [3.63, 3.8) is 0 Å². The number of ether oxygens (including phenoxy) is 6. The number of fused-ring (bicyclic) bond motifs is 2. The Bertz CT molecular complexity index is 917. The molecule has 3 aliphatic heterocycles. The first-order chi connectivity index (χ1) is 15.2. The second-order valence-electron chi connectivity index (χ2n) is 8.58. The van der Waals surface area contributed by atoms with E-state index in [2.05, 4.69) is 29.2 Å². The minimum atomic E-state index is -0.218. The quantitative estimate of drug-likeness (QED) is 0.642. The lowest BCUT2D eigenvalue weighted by Gasteiger charge is -2.24. The predicted molar refractivity (Wildman–Crippen MR) is 114 cm³/mol. The van der Waals surface area contributed by atoms with Gasteiger partial charge in [-0.3, -0.25) is 0 Å². The summed E-state index contributed by atoms with van der Waals surface area (Å²) in [6, 6.07) is 12.4. The largest absolute Gasteiger partial charge is 0.454 e. The molecule has 166 valence electrons. The smallest absolute Gasteiger partial charge is 0.231 e. The first kappa shape index (κ1) is 20.4. The highest BCUT2D eigenvalue weighted by Crippen LogP contribution is 2.39. The Morgan fingerprint density at radius 1 is 0.839 bits per heavy atom. The van der Waals surface area contributed by atoms with Crippen molar-refractivity contribution in [2.45, 2.75) is 19.1 Å². The molecule has 0 aliphatic carbocycles. The third-order valence-electron chi connectivity index (χ3n) is 6.09. The van der Waals surface area contributed by atoms with Gasteiger partial charge < -0.3 is 33.3 Å². The van der Waals surface area contributed by atoms with E-state index in [0.717, 1.165) is 42.4 Å². The van der Waals surface area contributed by atoms with Crippen molar-refractivity contribution in [1.82, 2.24) is 4.90 Å². The van der Waals surface area contributed by atoms with Crippen LogP contribution in [0.5, 0.6) is 23.0 Å². The van der Waals surface area contributed by atoms with Crippen LogP contribution in [-0.2, 0) is 22.3 Å². The third kappa shape index (κ3) is 4.59. The molecule has 0 bridgehead atoms. The van der Waals surface area contributed by atoms with E-state index < -0.39 is 0 Å². The summed E-state index contributed by atoms with van der Waals surface area (Å²) in [7, 11) is 4.09. The fourth-order valence-corrected chi connectivity index (χ4v) is 4.39. The Balaban J connectivity index is 1.32. The Morgan fingerprint density at radius 2 is 1.45 bits per heavy atom. The molecule has 0 aromatic heterocycles. The fourth-order valence-electron chi connectivity index (χ4n) is 4.39. The zero-order chi connectivity index (χ0) is 21.2. The Morgan fingerprint density at radius 3 is 2.10 bits per heavy atom. The summed E-state index contributed by atoms with van der Waals surface area (Å²) in [6.07, 6.45) is 1.54. The van der Waals surface area contributed by atoms with Crippen molar-refractivity contribution in [3.8, 4) is 23.0 Å². The van der Waals surface area contributed by atoms with E-state index in [1.165, 1.54) is 11.1 Å². The molecule has 0 spiro atoms. The second kappa shape index (κ2) is 8.94. The van der Waals surface area contributed by atoms with Gasteiger partial charge >= 0.3 is 0 Å². The average molecular weight is 427 g/mol. The van der Waals surface area contributed by atoms with Crippen molar-refractivity contribution in [3.05, 3.63) is 47.5 Å². The van der Waals surface area contributed by atoms with Crippen LogP contribution in [-0.4, -0.2) is 58.6 Å². The molecule has 31 heavy (non-hydrogen) atoms. The number of rotatable bonds is 8. The highest BCUT2D eigenvalue weighted by atomic mass is 16.7. The predicted octanol–water partition coefficient (Wildman–Crippen LogP) is 3.10. The van der Waals surface area contributed by atoms with Crippen LogP contribution in [0.25, 0.3) is 0 Å². The van der Waals surface area contributed by atoms with Crippen LogP contribution >= 0.6 is 0 Å². The van der Waals surface area contributed by atoms with E-state index >= 15 is 0 Å². The van der Waals surface area contributed by atoms with E-state index in [1.807, 2.05) is 26.2 Å². The molecule has 1 unspecified atom stereocenters. The van der Waals surface area contributed by atoms with Gasteiger partial charge in [0.05, 0.1) is 13.2 Å². The highest BCUT2D eigenvalue weighted by molar-refractivity contribution is 5.45. The Kier molecular flexibility index (Phi) is 5.89. The molecule has 3 aliphatic rings. The minimum Gasteiger partial charge on any atom is -0.454 e. The Labute approximate surface area is 182 Å². The van der Waals surface area contributed by atoms with Gasteiger partial charge in [-0.15, -0.1) is 0 Å². The van der Waals surface area contributed by atoms with Crippen molar-refractivity contribution in [2.75, 3.05) is 47.4 Å². The maximum Gasteiger partial charge on any atom is 0.231 e. The van der Waals surface area contributed by atoms with E-state index in [9.17, 15) is 0 Å². The monoisotopic (exact) mass is 427 g/mol. The van der Waals surface area contributed by atoms with Crippen molar-refractivity contribution >= 4 is 0 Å². The molecule has 1 saturated heterocycles. The lowest BCUT2D eigenvalue weighted by atomic mass is 9.84. The van der Waals surface area contributed by atoms with Gasteiger partial charge in [0, 0.05) is 12.5 Å². The van der Waals surface area contributed by atoms with Crippen LogP contribution < -0.4 is 18.9 Å². The lowest BCUT2D eigenvalue weighted by molar-refractivity contribution is -0.132. The summed E-state index contributed by atoms with van der Waals surface area (Å²) in [6.45, 7) is 2.76. The van der Waals surface area contributed by atoms with Gasteiger partial charge in [-0.1, -0.05) is 12.1 Å². The van der Waals surface area contributed by atoms with Gasteiger partial charge in [0.25, 0.3) is 0 Å². The van der Waals surface area contributed by atoms with Gasteiger partial charge in [0.2, 0.25) is 13.6 Å². The van der Waals surface area contributed by atoms with Crippen molar-refractivity contribution in [1.29, 1.82) is 0 Å². The summed E-state index contributed by atoms with van der Waals surface area (Å²) in [5.74, 6) is 3.84. The van der Waals surface area contributed by atoms with Crippen LogP contribution in [0.2, 0.25) is 0 Å². The SMILES string of the molecule is CN(C)CCOC1OC[C@@H](Cc2ccc3c(c2)OCO3)[C@@H]1Cc1ccc2c(c1)OCO2. The van der Waals surface area contributed by atoms with Crippen LogP contribution in [0.4, 0.5) is 0 Å². The molecular weight excluding hydrogens is 398 g/mol. The van der Waals surface area contributed by atoms with Crippen LogP contribution in [0, 0.1) is 11.8 Å². The third-order valence-corrected chi connectivity index (χ3v) is 6.09. The minimum absolute atomic E-state index is 0.218. The van der Waals surface area contributed by atoms with Crippen molar-refractivity contribution < 1.29 is 28.4 Å². The molecule has 2 aromatic rings. The molecule has 7 heteroatoms. The molecule has 2 aromatic carbocycles. The second-order valence-corrected chi connectivity index (χ2v) is 8.58. The number of nitrogens with zero attached hydrogens (tertiary/aromatic N) is 1. The molecule has 7 nitrogen and oxygen atoms in total. The molecule has 0 amide bonds. The molecular formula is C24H29NO6. The van der Waals surface area contributed by atoms with Crippen LogP contribution in [0.3, 0.4) is 0 Å². The number of hydrogen-bond donors (Lipinski definition) is 0. The molecule has 0 radical (unpaired) electrons. The first-order valence-electron chi connectivity index (χ1n) is 10.8. The van der Waals surface area contributed by atoms with Gasteiger partial charge in [-0.25, -0.2) is 0 Å². The fraction of sp³-hybridized carbons (Fsp3) is 0.500. The molecule has 3 heterocycles. The van der Waals surface area contributed by atoms with Gasteiger partial charge in [0.15, 0.2) is 29.3 Å².